The molecule has 1 saturated carbocycles. The van der Waals surface area contributed by atoms with Crippen LogP contribution in [0, 0.1) is 5.41 Å². The Morgan fingerprint density at radius 2 is 1.88 bits per heavy atom. The van der Waals surface area contributed by atoms with E-state index in [1.807, 2.05) is 0 Å². The molecule has 3 rings (SSSR count). The molecule has 0 heterocycles. The minimum atomic E-state index is 0. The summed E-state index contributed by atoms with van der Waals surface area (Å²) in [5.74, 6) is 0. The first-order valence-corrected chi connectivity index (χ1v) is 6.90. The van der Waals surface area contributed by atoms with Gasteiger partial charge in [-0.1, -0.05) is 0 Å². The van der Waals surface area contributed by atoms with Crippen molar-refractivity contribution in [3.63, 3.8) is 0 Å². The maximum Gasteiger partial charge on any atom is -1.00 e. The SMILES string of the molecule is CC1=[C]([Zr+2])C2(C3=CC=CC3)CCC2=C1C.[Cl-].[Cl-]. The van der Waals surface area contributed by atoms with Gasteiger partial charge in [-0.3, -0.25) is 0 Å². The Morgan fingerprint density at radius 3 is 2.29 bits per heavy atom. The zero-order valence-corrected chi connectivity index (χ0v) is 14.1. The van der Waals surface area contributed by atoms with E-state index in [-0.39, 0.29) is 24.8 Å². The second-order valence-corrected chi connectivity index (χ2v) is 6.06. The summed E-state index contributed by atoms with van der Waals surface area (Å²) in [6.07, 6.45) is 10.8. The predicted molar refractivity (Wildman–Crippen MR) is 58.9 cm³/mol. The first-order chi connectivity index (χ1) is 7.18. The van der Waals surface area contributed by atoms with Crippen LogP contribution in [-0.4, -0.2) is 0 Å². The minimum absolute atomic E-state index is 0. The van der Waals surface area contributed by atoms with Crippen molar-refractivity contribution in [3.8, 4) is 0 Å². The van der Waals surface area contributed by atoms with Gasteiger partial charge in [0.1, 0.15) is 0 Å². The van der Waals surface area contributed by atoms with Gasteiger partial charge >= 0.3 is 107 Å². The maximum atomic E-state index is 2.36. The van der Waals surface area contributed by atoms with Crippen LogP contribution in [0.15, 0.2) is 43.8 Å². The van der Waals surface area contributed by atoms with Crippen LogP contribution in [0.3, 0.4) is 0 Å². The fraction of sp³-hybridized carbons (Fsp3) is 0.429. The summed E-state index contributed by atoms with van der Waals surface area (Å²) in [5.41, 5.74) is 7.00. The van der Waals surface area contributed by atoms with Crippen molar-refractivity contribution < 1.29 is 49.5 Å². The van der Waals surface area contributed by atoms with E-state index in [0.717, 1.165) is 0 Å². The van der Waals surface area contributed by atoms with Gasteiger partial charge in [0.25, 0.3) is 0 Å². The standard InChI is InChI=1S/C14H15.2ClH.Zr/c1-10-9-14(12-5-3-4-6-12)8-7-13(14)11(10)2;;;/h3-5H,6-8H2,1-2H3;2*1H;/q;;;+2/p-2. The number of hydrogen-bond donors (Lipinski definition) is 0. The molecule has 89 valence electrons. The van der Waals surface area contributed by atoms with Crippen LogP contribution in [0.1, 0.15) is 33.1 Å². The van der Waals surface area contributed by atoms with E-state index in [1.54, 1.807) is 50.3 Å². The molecule has 0 aromatic carbocycles. The molecule has 0 aliphatic heterocycles. The van der Waals surface area contributed by atoms with Crippen molar-refractivity contribution in [2.24, 2.45) is 5.41 Å². The summed E-state index contributed by atoms with van der Waals surface area (Å²) < 4.78 is 1.71. The van der Waals surface area contributed by atoms with Gasteiger partial charge in [-0.05, 0) is 0 Å². The molecule has 0 radical (unpaired) electrons. The molecular formula is C14H15Cl2Zr. The molecule has 0 nitrogen and oxygen atoms in total. The van der Waals surface area contributed by atoms with Gasteiger partial charge in [0, 0.05) is 0 Å². The molecule has 0 spiro atoms. The second-order valence-electron chi connectivity index (χ2n) is 4.83. The molecule has 17 heavy (non-hydrogen) atoms. The molecule has 3 heteroatoms. The molecule has 0 amide bonds. The number of allylic oxidation sites excluding steroid dienone is 8. The maximum absolute atomic E-state index is 2.36. The number of fused-ring (bicyclic) bond motifs is 1. The molecule has 1 unspecified atom stereocenters. The third kappa shape index (κ3) is 1.81. The molecule has 0 N–H and O–H groups in total. The summed E-state index contributed by atoms with van der Waals surface area (Å²) in [4.78, 5) is 0. The van der Waals surface area contributed by atoms with Gasteiger partial charge in [0.05, 0.1) is 0 Å². The summed E-state index contributed by atoms with van der Waals surface area (Å²) in [6.45, 7) is 4.63. The third-order valence-electron chi connectivity index (χ3n) is 4.40. The van der Waals surface area contributed by atoms with Crippen LogP contribution in [0.4, 0.5) is 0 Å². The Kier molecular flexibility index (Phi) is 4.73. The fourth-order valence-corrected chi connectivity index (χ4v) is 4.83. The average molecular weight is 345 g/mol. The van der Waals surface area contributed by atoms with Crippen molar-refractivity contribution in [1.29, 1.82) is 0 Å². The Bertz CT molecular complexity index is 449. The zero-order chi connectivity index (χ0) is 10.6. The molecular weight excluding hydrogens is 330 g/mol. The fourth-order valence-electron chi connectivity index (χ4n) is 3.30. The number of hydrogen-bond acceptors (Lipinski definition) is 0. The minimum Gasteiger partial charge on any atom is -1.00 e. The molecule has 3 aliphatic rings. The molecule has 0 bridgehead atoms. The van der Waals surface area contributed by atoms with Crippen molar-refractivity contribution in [2.45, 2.75) is 33.1 Å². The molecule has 0 aromatic rings. The van der Waals surface area contributed by atoms with Crippen LogP contribution < -0.4 is 24.8 Å². The van der Waals surface area contributed by atoms with Gasteiger partial charge in [0.2, 0.25) is 0 Å². The monoisotopic (exact) mass is 343 g/mol. The molecule has 1 atom stereocenters. The Balaban J connectivity index is 0.000000722. The van der Waals surface area contributed by atoms with Crippen molar-refractivity contribution >= 4 is 0 Å². The van der Waals surface area contributed by atoms with Crippen LogP contribution in [0.25, 0.3) is 0 Å². The van der Waals surface area contributed by atoms with E-state index >= 15 is 0 Å². The van der Waals surface area contributed by atoms with Gasteiger partial charge in [0.15, 0.2) is 0 Å². The average Bonchev–Trinajstić information content (AvgIpc) is 2.72. The smallest absolute Gasteiger partial charge is 1.00 e. The van der Waals surface area contributed by atoms with Crippen LogP contribution in [0.2, 0.25) is 0 Å². The zero-order valence-electron chi connectivity index (χ0n) is 10.1. The van der Waals surface area contributed by atoms with E-state index in [0.29, 0.717) is 5.41 Å². The van der Waals surface area contributed by atoms with Crippen LogP contribution in [-0.2, 0) is 24.7 Å². The summed E-state index contributed by atoms with van der Waals surface area (Å²) in [6, 6.07) is 0. The molecule has 1 fully saturated rings. The van der Waals surface area contributed by atoms with E-state index in [1.165, 1.54) is 19.3 Å². The normalized spacial score (nSPS) is 29.5. The Labute approximate surface area is 131 Å². The van der Waals surface area contributed by atoms with Gasteiger partial charge in [-0.2, -0.15) is 0 Å². The summed E-state index contributed by atoms with van der Waals surface area (Å²) in [7, 11) is 0. The van der Waals surface area contributed by atoms with Gasteiger partial charge < -0.3 is 24.8 Å². The van der Waals surface area contributed by atoms with Gasteiger partial charge in [-0.25, -0.2) is 0 Å². The second kappa shape index (κ2) is 5.19. The molecule has 3 aliphatic carbocycles. The number of rotatable bonds is 1. The largest absolute Gasteiger partial charge is 1.00 e. The predicted octanol–water partition coefficient (Wildman–Crippen LogP) is -2.19. The van der Waals surface area contributed by atoms with Crippen molar-refractivity contribution in [1.82, 2.24) is 0 Å². The van der Waals surface area contributed by atoms with E-state index in [9.17, 15) is 0 Å². The molecule has 0 saturated heterocycles. The van der Waals surface area contributed by atoms with Crippen LogP contribution >= 0.6 is 0 Å². The Morgan fingerprint density at radius 1 is 1.18 bits per heavy atom. The van der Waals surface area contributed by atoms with E-state index < -0.39 is 0 Å². The third-order valence-corrected chi connectivity index (χ3v) is 6.37. The van der Waals surface area contributed by atoms with Crippen molar-refractivity contribution in [2.75, 3.05) is 0 Å². The first kappa shape index (κ1) is 15.5. The quantitative estimate of drug-likeness (QED) is 0.507. The molecule has 0 aromatic heterocycles. The van der Waals surface area contributed by atoms with Crippen molar-refractivity contribution in [3.05, 3.63) is 43.8 Å². The topological polar surface area (TPSA) is 0 Å². The summed E-state index contributed by atoms with van der Waals surface area (Å²) in [5, 5.41) is 0. The number of halogens is 2. The Hall–Kier alpha value is 0.423. The van der Waals surface area contributed by atoms with E-state index in [2.05, 4.69) is 32.1 Å². The van der Waals surface area contributed by atoms with Gasteiger partial charge in [-0.15, -0.1) is 0 Å². The first-order valence-electron chi connectivity index (χ1n) is 5.67. The van der Waals surface area contributed by atoms with Crippen LogP contribution in [0.5, 0.6) is 0 Å². The summed E-state index contributed by atoms with van der Waals surface area (Å²) >= 11 is 1.62. The van der Waals surface area contributed by atoms with E-state index in [4.69, 9.17) is 0 Å².